The van der Waals surface area contributed by atoms with Crippen LogP contribution in [-0.2, 0) is 9.59 Å². The summed E-state index contributed by atoms with van der Waals surface area (Å²) in [7, 11) is 0. The monoisotopic (exact) mass is 499 g/mol. The first-order valence-corrected chi connectivity index (χ1v) is 12.3. The summed E-state index contributed by atoms with van der Waals surface area (Å²) < 4.78 is 16.5. The van der Waals surface area contributed by atoms with Crippen LogP contribution in [0.15, 0.2) is 66.2 Å². The lowest BCUT2D eigenvalue weighted by atomic mass is 9.92. The molecular weight excluding hydrogens is 470 g/mol. The van der Waals surface area contributed by atoms with Gasteiger partial charge < -0.3 is 19.3 Å². The zero-order chi connectivity index (χ0) is 26.3. The number of fused-ring (bicyclic) bond motifs is 1. The average Bonchev–Trinajstić information content (AvgIpc) is 3.46. The van der Waals surface area contributed by atoms with Crippen LogP contribution in [0.3, 0.4) is 0 Å². The molecule has 1 atom stereocenters. The van der Waals surface area contributed by atoms with Gasteiger partial charge in [-0.1, -0.05) is 38.1 Å². The van der Waals surface area contributed by atoms with Crippen LogP contribution in [0.5, 0.6) is 17.2 Å². The maximum absolute atomic E-state index is 13.5. The minimum atomic E-state index is -0.826. The first-order chi connectivity index (χ1) is 17.8. The second kappa shape index (κ2) is 9.65. The summed E-state index contributed by atoms with van der Waals surface area (Å²) >= 11 is 0. The smallest absolute Gasteiger partial charge is 0.300 e. The molecule has 190 valence electrons. The molecule has 7 heteroatoms. The largest absolute Gasteiger partial charge is 0.507 e. The Bertz CT molecular complexity index is 1410. The van der Waals surface area contributed by atoms with Gasteiger partial charge in [0, 0.05) is 17.3 Å². The second-order valence-electron chi connectivity index (χ2n) is 9.44. The van der Waals surface area contributed by atoms with Crippen LogP contribution < -0.4 is 19.1 Å². The first-order valence-electron chi connectivity index (χ1n) is 12.3. The van der Waals surface area contributed by atoms with Crippen LogP contribution in [0.4, 0.5) is 5.69 Å². The zero-order valence-corrected chi connectivity index (χ0v) is 21.3. The van der Waals surface area contributed by atoms with Gasteiger partial charge in [-0.2, -0.15) is 0 Å². The standard InChI is InChI=1S/C30H29NO6/c1-5-35-23-12-10-21(14-18(23)4)28(32)26-27(20-8-6-19(7-9-20)17(2)3)31(30(34)29(26)33)22-11-13-24-25(15-22)37-16-36-24/h6-15,17,27,32H,5,16H2,1-4H3/b28-26+. The molecule has 1 amide bonds. The molecule has 0 aromatic heterocycles. The van der Waals surface area contributed by atoms with Crippen molar-refractivity contribution in [3.8, 4) is 17.2 Å². The molecule has 2 heterocycles. The number of hydrogen-bond acceptors (Lipinski definition) is 6. The average molecular weight is 500 g/mol. The summed E-state index contributed by atoms with van der Waals surface area (Å²) in [6.45, 7) is 8.57. The van der Waals surface area contributed by atoms with Gasteiger partial charge in [0.15, 0.2) is 11.5 Å². The van der Waals surface area contributed by atoms with Gasteiger partial charge in [-0.3, -0.25) is 14.5 Å². The number of Topliss-reactive ketones (excluding diaryl/α,β-unsaturated/α-hetero) is 1. The van der Waals surface area contributed by atoms with E-state index in [9.17, 15) is 14.7 Å². The summed E-state index contributed by atoms with van der Waals surface area (Å²) in [6.07, 6.45) is 0. The highest BCUT2D eigenvalue weighted by atomic mass is 16.7. The number of aryl methyl sites for hydroxylation is 1. The fourth-order valence-electron chi connectivity index (χ4n) is 4.78. The predicted molar refractivity (Wildman–Crippen MR) is 140 cm³/mol. The summed E-state index contributed by atoms with van der Waals surface area (Å²) in [6, 6.07) is 17.3. The van der Waals surface area contributed by atoms with Gasteiger partial charge in [-0.25, -0.2) is 0 Å². The lowest BCUT2D eigenvalue weighted by Crippen LogP contribution is -2.29. The number of rotatable bonds is 6. The van der Waals surface area contributed by atoms with Crippen molar-refractivity contribution in [3.05, 3.63) is 88.5 Å². The SMILES string of the molecule is CCOc1ccc(/C(O)=C2\C(=O)C(=O)N(c3ccc4c(c3)OCO4)C2c2ccc(C(C)C)cc2)cc1C. The molecule has 7 nitrogen and oxygen atoms in total. The minimum absolute atomic E-state index is 0.0310. The summed E-state index contributed by atoms with van der Waals surface area (Å²) in [5, 5.41) is 11.4. The highest BCUT2D eigenvalue weighted by Crippen LogP contribution is 2.45. The summed E-state index contributed by atoms with van der Waals surface area (Å²) in [4.78, 5) is 28.3. The van der Waals surface area contributed by atoms with E-state index in [4.69, 9.17) is 14.2 Å². The number of ketones is 1. The van der Waals surface area contributed by atoms with E-state index < -0.39 is 17.7 Å². The number of ether oxygens (including phenoxy) is 3. The van der Waals surface area contributed by atoms with Gasteiger partial charge in [0.25, 0.3) is 11.7 Å². The molecule has 0 bridgehead atoms. The predicted octanol–water partition coefficient (Wildman–Crippen LogP) is 5.87. The van der Waals surface area contributed by atoms with Gasteiger partial charge in [-0.05, 0) is 66.8 Å². The molecule has 0 radical (unpaired) electrons. The maximum Gasteiger partial charge on any atom is 0.300 e. The van der Waals surface area contributed by atoms with E-state index in [-0.39, 0.29) is 18.1 Å². The number of anilines is 1. The first kappa shape index (κ1) is 24.4. The Morgan fingerprint density at radius 2 is 1.76 bits per heavy atom. The van der Waals surface area contributed by atoms with Gasteiger partial charge in [0.2, 0.25) is 6.79 Å². The van der Waals surface area contributed by atoms with Crippen molar-refractivity contribution in [2.75, 3.05) is 18.3 Å². The Morgan fingerprint density at radius 1 is 1.03 bits per heavy atom. The van der Waals surface area contributed by atoms with Gasteiger partial charge >= 0.3 is 0 Å². The Balaban J connectivity index is 1.67. The van der Waals surface area contributed by atoms with Crippen LogP contribution in [-0.4, -0.2) is 30.2 Å². The molecule has 2 aliphatic heterocycles. The molecule has 2 aliphatic rings. The number of hydrogen-bond donors (Lipinski definition) is 1. The topological polar surface area (TPSA) is 85.3 Å². The van der Waals surface area contributed by atoms with E-state index in [0.717, 1.165) is 11.1 Å². The lowest BCUT2D eigenvalue weighted by Gasteiger charge is -2.26. The fourth-order valence-corrected chi connectivity index (χ4v) is 4.78. The zero-order valence-electron chi connectivity index (χ0n) is 21.3. The molecule has 1 N–H and O–H groups in total. The molecule has 1 unspecified atom stereocenters. The van der Waals surface area contributed by atoms with Gasteiger partial charge in [0.05, 0.1) is 18.2 Å². The van der Waals surface area contributed by atoms with E-state index in [0.29, 0.717) is 46.6 Å². The maximum atomic E-state index is 13.5. The normalized spacial score (nSPS) is 18.1. The van der Waals surface area contributed by atoms with Crippen molar-refractivity contribution in [2.45, 2.75) is 39.7 Å². The van der Waals surface area contributed by atoms with Crippen LogP contribution in [0, 0.1) is 6.92 Å². The van der Waals surface area contributed by atoms with Crippen LogP contribution >= 0.6 is 0 Å². The molecule has 0 saturated carbocycles. The second-order valence-corrected chi connectivity index (χ2v) is 9.44. The number of aliphatic hydroxyl groups is 1. The van der Waals surface area contributed by atoms with E-state index in [1.54, 1.807) is 36.4 Å². The van der Waals surface area contributed by atoms with Crippen molar-refractivity contribution in [1.29, 1.82) is 0 Å². The van der Waals surface area contributed by atoms with E-state index in [1.807, 2.05) is 38.1 Å². The molecule has 0 spiro atoms. The molecule has 0 aliphatic carbocycles. The third-order valence-corrected chi connectivity index (χ3v) is 6.75. The molecule has 1 saturated heterocycles. The van der Waals surface area contributed by atoms with Crippen LogP contribution in [0.25, 0.3) is 5.76 Å². The molecular formula is C30H29NO6. The van der Waals surface area contributed by atoms with E-state index in [2.05, 4.69) is 13.8 Å². The number of carbonyl (C=O) groups excluding carboxylic acids is 2. The summed E-state index contributed by atoms with van der Waals surface area (Å²) in [5.41, 5.74) is 3.60. The van der Waals surface area contributed by atoms with E-state index in [1.165, 1.54) is 4.90 Å². The van der Waals surface area contributed by atoms with Crippen molar-refractivity contribution >= 4 is 23.1 Å². The highest BCUT2D eigenvalue weighted by Gasteiger charge is 2.47. The third kappa shape index (κ3) is 4.31. The Hall–Kier alpha value is -4.26. The quantitative estimate of drug-likeness (QED) is 0.259. The van der Waals surface area contributed by atoms with Crippen molar-refractivity contribution < 1.29 is 28.9 Å². The number of amides is 1. The number of carbonyl (C=O) groups is 2. The van der Waals surface area contributed by atoms with Crippen molar-refractivity contribution in [2.24, 2.45) is 0 Å². The van der Waals surface area contributed by atoms with E-state index >= 15 is 0 Å². The molecule has 1 fully saturated rings. The molecule has 37 heavy (non-hydrogen) atoms. The minimum Gasteiger partial charge on any atom is -0.507 e. The number of nitrogens with zero attached hydrogens (tertiary/aromatic N) is 1. The van der Waals surface area contributed by atoms with Crippen LogP contribution in [0.1, 0.15) is 55.0 Å². The lowest BCUT2D eigenvalue weighted by molar-refractivity contribution is -0.132. The number of aliphatic hydroxyl groups excluding tert-OH is 1. The van der Waals surface area contributed by atoms with Gasteiger partial charge in [-0.15, -0.1) is 0 Å². The van der Waals surface area contributed by atoms with Crippen LogP contribution in [0.2, 0.25) is 0 Å². The van der Waals surface area contributed by atoms with Gasteiger partial charge in [0.1, 0.15) is 11.5 Å². The molecule has 5 rings (SSSR count). The molecule has 3 aromatic carbocycles. The highest BCUT2D eigenvalue weighted by molar-refractivity contribution is 6.51. The summed E-state index contributed by atoms with van der Waals surface area (Å²) in [5.74, 6) is 0.381. The fraction of sp³-hybridized carbons (Fsp3) is 0.267. The van der Waals surface area contributed by atoms with Crippen molar-refractivity contribution in [1.82, 2.24) is 0 Å². The Morgan fingerprint density at radius 3 is 2.43 bits per heavy atom. The Kier molecular flexibility index (Phi) is 6.38. The Labute approximate surface area is 215 Å². The third-order valence-electron chi connectivity index (χ3n) is 6.75. The van der Waals surface area contributed by atoms with Crippen molar-refractivity contribution in [3.63, 3.8) is 0 Å². The number of benzene rings is 3. The molecule has 3 aromatic rings.